The molecule has 0 radical (unpaired) electrons. The summed E-state index contributed by atoms with van der Waals surface area (Å²) in [5, 5.41) is 5.57. The van der Waals surface area contributed by atoms with E-state index in [1.807, 2.05) is 13.8 Å². The molecule has 0 spiro atoms. The summed E-state index contributed by atoms with van der Waals surface area (Å²) in [7, 11) is 1.33. The second kappa shape index (κ2) is 11.4. The molecule has 2 amide bonds. The van der Waals surface area contributed by atoms with Crippen molar-refractivity contribution in [3.8, 4) is 11.5 Å². The van der Waals surface area contributed by atoms with Crippen LogP contribution in [0.4, 0.5) is 18.9 Å². The number of alkyl halides is 3. The number of rotatable bonds is 10. The molecule has 174 valence electrons. The van der Waals surface area contributed by atoms with Crippen molar-refractivity contribution in [3.05, 3.63) is 53.6 Å². The van der Waals surface area contributed by atoms with Crippen LogP contribution in [0.3, 0.4) is 0 Å². The zero-order chi connectivity index (χ0) is 23.7. The van der Waals surface area contributed by atoms with Gasteiger partial charge in [0, 0.05) is 13.0 Å². The lowest BCUT2D eigenvalue weighted by Crippen LogP contribution is -2.28. The number of amides is 2. The van der Waals surface area contributed by atoms with E-state index in [1.54, 1.807) is 30.3 Å². The second-order valence-electron chi connectivity index (χ2n) is 7.59. The number of benzene rings is 2. The quantitative estimate of drug-likeness (QED) is 0.553. The number of carbonyl (C=O) groups is 2. The van der Waals surface area contributed by atoms with E-state index in [2.05, 4.69) is 10.6 Å². The third-order valence-corrected chi connectivity index (χ3v) is 4.38. The van der Waals surface area contributed by atoms with Crippen molar-refractivity contribution >= 4 is 17.5 Å². The molecule has 2 N–H and O–H groups in total. The van der Waals surface area contributed by atoms with Crippen LogP contribution >= 0.6 is 0 Å². The largest absolute Gasteiger partial charge is 0.493 e. The molecule has 0 saturated heterocycles. The maximum Gasteiger partial charge on any atom is 0.422 e. The number of nitrogens with one attached hydrogen (secondary N) is 2. The molecule has 0 saturated carbocycles. The topological polar surface area (TPSA) is 76.7 Å². The van der Waals surface area contributed by atoms with Crippen molar-refractivity contribution in [2.75, 3.05) is 25.6 Å². The third-order valence-electron chi connectivity index (χ3n) is 4.38. The molecule has 9 heteroatoms. The minimum absolute atomic E-state index is 0.0284. The molecule has 32 heavy (non-hydrogen) atoms. The summed E-state index contributed by atoms with van der Waals surface area (Å²) in [6, 6.07) is 11.2. The van der Waals surface area contributed by atoms with Crippen LogP contribution in [0.25, 0.3) is 0 Å². The van der Waals surface area contributed by atoms with Crippen molar-refractivity contribution in [2.45, 2.75) is 32.9 Å². The third kappa shape index (κ3) is 8.13. The fourth-order valence-corrected chi connectivity index (χ4v) is 2.80. The van der Waals surface area contributed by atoms with Gasteiger partial charge >= 0.3 is 6.18 Å². The Morgan fingerprint density at radius 3 is 2.44 bits per heavy atom. The zero-order valence-electron chi connectivity index (χ0n) is 18.2. The van der Waals surface area contributed by atoms with Gasteiger partial charge in [-0.25, -0.2) is 0 Å². The van der Waals surface area contributed by atoms with Gasteiger partial charge in [0.25, 0.3) is 5.91 Å². The van der Waals surface area contributed by atoms with Crippen molar-refractivity contribution in [3.63, 3.8) is 0 Å². The molecule has 0 aromatic heterocycles. The number of methoxy groups -OCH3 is 1. The molecule has 0 bridgehead atoms. The number of carbonyl (C=O) groups excluding carboxylic acids is 2. The fraction of sp³-hybridized carbons (Fsp3) is 0.391. The molecule has 2 aromatic carbocycles. The first-order chi connectivity index (χ1) is 15.1. The van der Waals surface area contributed by atoms with Gasteiger partial charge in [-0.3, -0.25) is 9.59 Å². The van der Waals surface area contributed by atoms with Crippen LogP contribution in [0.2, 0.25) is 0 Å². The van der Waals surface area contributed by atoms with E-state index in [0.717, 1.165) is 0 Å². The lowest BCUT2D eigenvalue weighted by atomic mass is 10.1. The van der Waals surface area contributed by atoms with Crippen molar-refractivity contribution in [1.82, 2.24) is 5.32 Å². The highest BCUT2D eigenvalue weighted by atomic mass is 19.4. The molecule has 2 rings (SSSR count). The van der Waals surface area contributed by atoms with E-state index in [-0.39, 0.29) is 29.7 Å². The fourth-order valence-electron chi connectivity index (χ4n) is 2.80. The van der Waals surface area contributed by atoms with Gasteiger partial charge in [0.15, 0.2) is 18.1 Å². The average Bonchev–Trinajstić information content (AvgIpc) is 2.74. The van der Waals surface area contributed by atoms with Gasteiger partial charge in [-0.15, -0.1) is 0 Å². The van der Waals surface area contributed by atoms with Crippen LogP contribution in [0, 0.1) is 5.92 Å². The lowest BCUT2D eigenvalue weighted by Gasteiger charge is -2.14. The molecule has 0 heterocycles. The van der Waals surface area contributed by atoms with Gasteiger partial charge in [0.1, 0.15) is 0 Å². The number of ether oxygens (including phenoxy) is 2. The molecule has 2 aromatic rings. The Kier molecular flexibility index (Phi) is 8.92. The molecule has 0 fully saturated rings. The number of para-hydroxylation sites is 1. The van der Waals surface area contributed by atoms with Crippen molar-refractivity contribution in [1.29, 1.82) is 0 Å². The second-order valence-corrected chi connectivity index (χ2v) is 7.59. The highest BCUT2D eigenvalue weighted by Gasteiger charge is 2.29. The normalized spacial score (nSPS) is 11.2. The number of anilines is 1. The van der Waals surface area contributed by atoms with E-state index in [9.17, 15) is 22.8 Å². The molecular weight excluding hydrogens is 425 g/mol. The minimum Gasteiger partial charge on any atom is -0.493 e. The minimum atomic E-state index is -4.45. The number of hydrogen-bond donors (Lipinski definition) is 2. The average molecular weight is 452 g/mol. The van der Waals surface area contributed by atoms with Gasteiger partial charge in [-0.1, -0.05) is 32.0 Å². The summed E-state index contributed by atoms with van der Waals surface area (Å²) in [4.78, 5) is 24.8. The Morgan fingerprint density at radius 2 is 1.78 bits per heavy atom. The first-order valence-corrected chi connectivity index (χ1v) is 10.1. The number of hydrogen-bond acceptors (Lipinski definition) is 4. The van der Waals surface area contributed by atoms with E-state index < -0.39 is 12.8 Å². The predicted octanol–water partition coefficient (Wildman–Crippen LogP) is 4.59. The number of aryl methyl sites for hydroxylation is 1. The van der Waals surface area contributed by atoms with E-state index in [0.29, 0.717) is 35.7 Å². The lowest BCUT2D eigenvalue weighted by molar-refractivity contribution is -0.153. The standard InChI is InChI=1S/C23H27F3N2O4/c1-15(2)13-27-22(30)17-6-4-5-7-18(17)28-21(29)11-9-16-8-10-19(20(12-16)31-3)32-14-23(24,25)26/h4-8,10,12,15H,9,11,13-14H2,1-3H3,(H,27,30)(H,28,29). The van der Waals surface area contributed by atoms with Gasteiger partial charge in [0.2, 0.25) is 5.91 Å². The van der Waals surface area contributed by atoms with Crippen LogP contribution in [0.15, 0.2) is 42.5 Å². The Hall–Kier alpha value is -3.23. The zero-order valence-corrected chi connectivity index (χ0v) is 18.2. The predicted molar refractivity (Wildman–Crippen MR) is 115 cm³/mol. The highest BCUT2D eigenvalue weighted by molar-refractivity contribution is 6.03. The van der Waals surface area contributed by atoms with Gasteiger partial charge < -0.3 is 20.1 Å². The van der Waals surface area contributed by atoms with Crippen molar-refractivity contribution < 1.29 is 32.2 Å². The molecule has 6 nitrogen and oxygen atoms in total. The number of halogens is 3. The molecule has 0 aliphatic carbocycles. The summed E-state index contributed by atoms with van der Waals surface area (Å²) in [6.45, 7) is 3.07. The van der Waals surface area contributed by atoms with Crippen LogP contribution in [0.1, 0.15) is 36.2 Å². The SMILES string of the molecule is COc1cc(CCC(=O)Nc2ccccc2C(=O)NCC(C)C)ccc1OCC(F)(F)F. The van der Waals surface area contributed by atoms with Gasteiger partial charge in [-0.2, -0.15) is 13.2 Å². The highest BCUT2D eigenvalue weighted by Crippen LogP contribution is 2.30. The summed E-state index contributed by atoms with van der Waals surface area (Å²) < 4.78 is 47.0. The van der Waals surface area contributed by atoms with Gasteiger partial charge in [0.05, 0.1) is 18.4 Å². The molecular formula is C23H27F3N2O4. The smallest absolute Gasteiger partial charge is 0.422 e. The van der Waals surface area contributed by atoms with Crippen LogP contribution in [-0.4, -0.2) is 38.3 Å². The maximum atomic E-state index is 12.4. The Labute approximate surface area is 185 Å². The summed E-state index contributed by atoms with van der Waals surface area (Å²) in [5.41, 5.74) is 1.47. The van der Waals surface area contributed by atoms with Crippen LogP contribution < -0.4 is 20.1 Å². The van der Waals surface area contributed by atoms with Crippen LogP contribution in [0.5, 0.6) is 11.5 Å². The first-order valence-electron chi connectivity index (χ1n) is 10.1. The first kappa shape index (κ1) is 25.0. The van der Waals surface area contributed by atoms with E-state index in [4.69, 9.17) is 9.47 Å². The Morgan fingerprint density at radius 1 is 1.06 bits per heavy atom. The molecule has 0 unspecified atom stereocenters. The molecule has 0 atom stereocenters. The summed E-state index contributed by atoms with van der Waals surface area (Å²) in [6.07, 6.45) is -4.03. The summed E-state index contributed by atoms with van der Waals surface area (Å²) >= 11 is 0. The van der Waals surface area contributed by atoms with E-state index in [1.165, 1.54) is 19.2 Å². The maximum absolute atomic E-state index is 12.4. The van der Waals surface area contributed by atoms with Crippen molar-refractivity contribution in [2.24, 2.45) is 5.92 Å². The Balaban J connectivity index is 1.98. The van der Waals surface area contributed by atoms with Crippen LogP contribution in [-0.2, 0) is 11.2 Å². The van der Waals surface area contributed by atoms with E-state index >= 15 is 0 Å². The summed E-state index contributed by atoms with van der Waals surface area (Å²) in [5.74, 6) is -0.152. The molecule has 0 aliphatic rings. The Bertz CT molecular complexity index is 930. The molecule has 0 aliphatic heterocycles. The monoisotopic (exact) mass is 452 g/mol. The van der Waals surface area contributed by atoms with Gasteiger partial charge in [-0.05, 0) is 42.2 Å².